The molecule has 0 saturated carbocycles. The molecule has 1 rings (SSSR count). The van der Waals surface area contributed by atoms with Gasteiger partial charge in [0.15, 0.2) is 0 Å². The molecule has 1 saturated heterocycles. The molecule has 0 spiro atoms. The lowest BCUT2D eigenvalue weighted by molar-refractivity contribution is -0.121. The number of hydrogen-bond acceptors (Lipinski definition) is 2. The van der Waals surface area contributed by atoms with Crippen LogP contribution in [0, 0.1) is 5.41 Å². The van der Waals surface area contributed by atoms with E-state index in [1.54, 1.807) is 0 Å². The van der Waals surface area contributed by atoms with E-state index >= 15 is 0 Å². The normalized spacial score (nSPS) is 22.7. The molecule has 18 heavy (non-hydrogen) atoms. The highest BCUT2D eigenvalue weighted by atomic mass is 79.9. The Balaban J connectivity index is 2.03. The van der Waals surface area contributed by atoms with E-state index in [-0.39, 0.29) is 5.91 Å². The van der Waals surface area contributed by atoms with Gasteiger partial charge in [0.1, 0.15) is 0 Å². The summed E-state index contributed by atoms with van der Waals surface area (Å²) in [4.78, 5) is 11.5. The highest BCUT2D eigenvalue weighted by Crippen LogP contribution is 2.30. The Morgan fingerprint density at radius 1 is 1.44 bits per heavy atom. The molecule has 1 unspecified atom stereocenters. The van der Waals surface area contributed by atoms with Crippen molar-refractivity contribution in [2.75, 3.05) is 18.5 Å². The quantitative estimate of drug-likeness (QED) is 0.577. The highest BCUT2D eigenvalue weighted by molar-refractivity contribution is 9.09. The number of carbonyl (C=O) groups is 1. The van der Waals surface area contributed by atoms with Gasteiger partial charge in [0.2, 0.25) is 5.91 Å². The van der Waals surface area contributed by atoms with Crippen LogP contribution in [0.3, 0.4) is 0 Å². The van der Waals surface area contributed by atoms with Gasteiger partial charge in [0.25, 0.3) is 0 Å². The van der Waals surface area contributed by atoms with Crippen molar-refractivity contribution in [2.24, 2.45) is 5.41 Å². The van der Waals surface area contributed by atoms with Crippen LogP contribution < -0.4 is 5.32 Å². The van der Waals surface area contributed by atoms with Gasteiger partial charge in [-0.05, 0) is 37.5 Å². The van der Waals surface area contributed by atoms with Crippen molar-refractivity contribution in [3.05, 3.63) is 0 Å². The van der Waals surface area contributed by atoms with Gasteiger partial charge in [0, 0.05) is 18.3 Å². The summed E-state index contributed by atoms with van der Waals surface area (Å²) < 4.78 is 5.82. The number of carbonyl (C=O) groups excluding carboxylic acids is 1. The second kappa shape index (κ2) is 8.16. The lowest BCUT2D eigenvalue weighted by Crippen LogP contribution is -2.34. The van der Waals surface area contributed by atoms with E-state index in [0.29, 0.717) is 17.9 Å². The van der Waals surface area contributed by atoms with Crippen molar-refractivity contribution in [1.82, 2.24) is 5.32 Å². The van der Waals surface area contributed by atoms with Crippen molar-refractivity contribution in [2.45, 2.75) is 58.5 Å². The fraction of sp³-hybridized carbons (Fsp3) is 0.929. The molecule has 1 atom stereocenters. The van der Waals surface area contributed by atoms with Gasteiger partial charge in [0.05, 0.1) is 12.7 Å². The molecular weight excluding hydrogens is 294 g/mol. The van der Waals surface area contributed by atoms with Crippen molar-refractivity contribution < 1.29 is 9.53 Å². The van der Waals surface area contributed by atoms with Gasteiger partial charge in [-0.3, -0.25) is 4.79 Å². The summed E-state index contributed by atoms with van der Waals surface area (Å²) in [7, 11) is 0. The van der Waals surface area contributed by atoms with Crippen LogP contribution in [0.1, 0.15) is 52.4 Å². The Morgan fingerprint density at radius 3 is 2.83 bits per heavy atom. The van der Waals surface area contributed by atoms with E-state index < -0.39 is 0 Å². The van der Waals surface area contributed by atoms with Crippen molar-refractivity contribution >= 4 is 21.8 Å². The van der Waals surface area contributed by atoms with E-state index in [0.717, 1.165) is 44.2 Å². The van der Waals surface area contributed by atoms with Crippen LogP contribution in [0.25, 0.3) is 0 Å². The average Bonchev–Trinajstić information content (AvgIpc) is 2.32. The van der Waals surface area contributed by atoms with Gasteiger partial charge >= 0.3 is 0 Å². The SMILES string of the molecule is CC1(C)CCC(CCNC(=O)CCCCBr)OC1. The summed E-state index contributed by atoms with van der Waals surface area (Å²) in [6.45, 7) is 6.08. The van der Waals surface area contributed by atoms with Crippen LogP contribution in [-0.4, -0.2) is 30.5 Å². The topological polar surface area (TPSA) is 38.3 Å². The number of halogens is 1. The lowest BCUT2D eigenvalue weighted by Gasteiger charge is -2.34. The third-order valence-electron chi connectivity index (χ3n) is 3.43. The average molecular weight is 320 g/mol. The molecule has 106 valence electrons. The van der Waals surface area contributed by atoms with Crippen molar-refractivity contribution in [1.29, 1.82) is 0 Å². The number of amides is 1. The summed E-state index contributed by atoms with van der Waals surface area (Å²) in [6.07, 6.45) is 6.29. The molecular formula is C14H26BrNO2. The third kappa shape index (κ3) is 6.74. The Bertz CT molecular complexity index is 246. The van der Waals surface area contributed by atoms with Crippen LogP contribution in [0.15, 0.2) is 0 Å². The first kappa shape index (κ1) is 16.0. The van der Waals surface area contributed by atoms with Crippen LogP contribution in [0.5, 0.6) is 0 Å². The largest absolute Gasteiger partial charge is 0.378 e. The molecule has 1 aliphatic rings. The molecule has 0 aliphatic carbocycles. The monoisotopic (exact) mass is 319 g/mol. The van der Waals surface area contributed by atoms with E-state index in [9.17, 15) is 4.79 Å². The maximum Gasteiger partial charge on any atom is 0.219 e. The number of hydrogen-bond donors (Lipinski definition) is 1. The second-order valence-electron chi connectivity index (χ2n) is 5.92. The number of ether oxygens (including phenoxy) is 1. The number of nitrogens with one attached hydrogen (secondary N) is 1. The summed E-state index contributed by atoms with van der Waals surface area (Å²) in [5, 5.41) is 3.95. The van der Waals surface area contributed by atoms with Crippen LogP contribution in [0.2, 0.25) is 0 Å². The molecule has 0 aromatic rings. The molecule has 0 bridgehead atoms. The minimum Gasteiger partial charge on any atom is -0.378 e. The number of unbranched alkanes of at least 4 members (excludes halogenated alkanes) is 1. The first-order chi connectivity index (χ1) is 8.53. The third-order valence-corrected chi connectivity index (χ3v) is 3.99. The minimum atomic E-state index is 0.173. The Morgan fingerprint density at radius 2 is 2.22 bits per heavy atom. The zero-order valence-corrected chi connectivity index (χ0v) is 13.2. The zero-order chi connectivity index (χ0) is 13.4. The second-order valence-corrected chi connectivity index (χ2v) is 6.71. The van der Waals surface area contributed by atoms with Crippen LogP contribution in [0.4, 0.5) is 0 Å². The Kier molecular flexibility index (Phi) is 7.23. The maximum atomic E-state index is 11.5. The van der Waals surface area contributed by atoms with Crippen molar-refractivity contribution in [3.8, 4) is 0 Å². The van der Waals surface area contributed by atoms with E-state index in [1.807, 2.05) is 0 Å². The molecule has 1 heterocycles. The first-order valence-corrected chi connectivity index (χ1v) is 8.10. The first-order valence-electron chi connectivity index (χ1n) is 6.98. The summed E-state index contributed by atoms with van der Waals surface area (Å²) in [5.41, 5.74) is 0.329. The molecule has 1 amide bonds. The van der Waals surface area contributed by atoms with Crippen LogP contribution >= 0.6 is 15.9 Å². The Hall–Kier alpha value is -0.0900. The van der Waals surface area contributed by atoms with Gasteiger partial charge in [-0.1, -0.05) is 29.8 Å². The minimum absolute atomic E-state index is 0.173. The molecule has 0 aromatic carbocycles. The van der Waals surface area contributed by atoms with Gasteiger partial charge in [-0.2, -0.15) is 0 Å². The summed E-state index contributed by atoms with van der Waals surface area (Å²) in [6, 6.07) is 0. The zero-order valence-electron chi connectivity index (χ0n) is 11.6. The highest BCUT2D eigenvalue weighted by Gasteiger charge is 2.27. The fourth-order valence-corrected chi connectivity index (χ4v) is 2.52. The summed E-state index contributed by atoms with van der Waals surface area (Å²) in [5.74, 6) is 0.173. The van der Waals surface area contributed by atoms with Gasteiger partial charge in [-0.25, -0.2) is 0 Å². The van der Waals surface area contributed by atoms with Crippen LogP contribution in [-0.2, 0) is 9.53 Å². The molecule has 3 nitrogen and oxygen atoms in total. The van der Waals surface area contributed by atoms with Gasteiger partial charge < -0.3 is 10.1 Å². The predicted molar refractivity (Wildman–Crippen MR) is 78.0 cm³/mol. The van der Waals surface area contributed by atoms with E-state index in [1.165, 1.54) is 6.42 Å². The predicted octanol–water partition coefficient (Wildman–Crippen LogP) is 3.26. The number of alkyl halides is 1. The molecule has 0 radical (unpaired) electrons. The fourth-order valence-electron chi connectivity index (χ4n) is 2.12. The molecule has 1 aliphatic heterocycles. The van der Waals surface area contributed by atoms with E-state index in [4.69, 9.17) is 4.74 Å². The van der Waals surface area contributed by atoms with Crippen molar-refractivity contribution in [3.63, 3.8) is 0 Å². The molecule has 0 aromatic heterocycles. The number of rotatable bonds is 7. The molecule has 1 N–H and O–H groups in total. The standard InChI is InChI=1S/C14H26BrNO2/c1-14(2)8-6-12(18-11-14)7-10-16-13(17)5-3-4-9-15/h12H,3-11H2,1-2H3,(H,16,17). The molecule has 1 fully saturated rings. The molecule has 4 heteroatoms. The van der Waals surface area contributed by atoms with Gasteiger partial charge in [-0.15, -0.1) is 0 Å². The van der Waals surface area contributed by atoms with E-state index in [2.05, 4.69) is 35.1 Å². The summed E-state index contributed by atoms with van der Waals surface area (Å²) >= 11 is 3.37. The Labute approximate surface area is 119 Å². The lowest BCUT2D eigenvalue weighted by atomic mass is 9.85. The maximum absolute atomic E-state index is 11.5. The smallest absolute Gasteiger partial charge is 0.219 e.